The van der Waals surface area contributed by atoms with Crippen molar-refractivity contribution in [1.82, 2.24) is 9.97 Å². The van der Waals surface area contributed by atoms with Gasteiger partial charge in [0.1, 0.15) is 10.8 Å². The Morgan fingerprint density at radius 1 is 1.05 bits per heavy atom. The molecule has 0 radical (unpaired) electrons. The van der Waals surface area contributed by atoms with Crippen LogP contribution in [0.5, 0.6) is 0 Å². The fourth-order valence-corrected chi connectivity index (χ4v) is 1.87. The molecule has 0 aliphatic rings. The molecule has 1 aromatic carbocycles. The minimum Gasteiger partial charge on any atom is -0.382 e. The van der Waals surface area contributed by atoms with Gasteiger partial charge in [-0.15, -0.1) is 0 Å². The zero-order valence-electron chi connectivity index (χ0n) is 10.0. The van der Waals surface area contributed by atoms with Gasteiger partial charge in [-0.3, -0.25) is 0 Å². The SMILES string of the molecule is N#CC(C#N)c1nc(-c2ccc(Cl)cc2)nc(N)c1Cl. The first-order valence-electron chi connectivity index (χ1n) is 5.45. The van der Waals surface area contributed by atoms with Gasteiger partial charge < -0.3 is 5.73 Å². The lowest BCUT2D eigenvalue weighted by Crippen LogP contribution is -2.05. The molecule has 0 spiro atoms. The molecule has 20 heavy (non-hydrogen) atoms. The van der Waals surface area contributed by atoms with Crippen molar-refractivity contribution in [2.24, 2.45) is 0 Å². The second kappa shape index (κ2) is 5.75. The van der Waals surface area contributed by atoms with Crippen LogP contribution < -0.4 is 5.73 Å². The van der Waals surface area contributed by atoms with Crippen LogP contribution in [0.4, 0.5) is 5.82 Å². The molecule has 0 saturated carbocycles. The van der Waals surface area contributed by atoms with Crippen molar-refractivity contribution >= 4 is 29.0 Å². The van der Waals surface area contributed by atoms with Crippen LogP contribution in [0.1, 0.15) is 11.6 Å². The van der Waals surface area contributed by atoms with Gasteiger partial charge in [0.05, 0.1) is 17.8 Å². The monoisotopic (exact) mass is 303 g/mol. The molecule has 1 aromatic heterocycles. The molecule has 2 N–H and O–H groups in total. The highest BCUT2D eigenvalue weighted by Gasteiger charge is 2.20. The number of nitrogen functional groups attached to an aromatic ring is 1. The molecule has 0 unspecified atom stereocenters. The van der Waals surface area contributed by atoms with Crippen molar-refractivity contribution in [3.8, 4) is 23.5 Å². The van der Waals surface area contributed by atoms with Crippen molar-refractivity contribution in [1.29, 1.82) is 10.5 Å². The van der Waals surface area contributed by atoms with E-state index >= 15 is 0 Å². The maximum absolute atomic E-state index is 8.94. The predicted molar refractivity (Wildman–Crippen MR) is 75.9 cm³/mol. The molecular weight excluding hydrogens is 297 g/mol. The Hall–Kier alpha value is -2.34. The molecular formula is C13H7Cl2N5. The summed E-state index contributed by atoms with van der Waals surface area (Å²) in [6.07, 6.45) is 0. The van der Waals surface area contributed by atoms with Gasteiger partial charge in [0.15, 0.2) is 11.7 Å². The summed E-state index contributed by atoms with van der Waals surface area (Å²) in [6.45, 7) is 0. The lowest BCUT2D eigenvalue weighted by molar-refractivity contribution is 0.992. The van der Waals surface area contributed by atoms with Crippen LogP contribution in [0.2, 0.25) is 10.0 Å². The van der Waals surface area contributed by atoms with E-state index in [0.717, 1.165) is 0 Å². The van der Waals surface area contributed by atoms with Crippen LogP contribution >= 0.6 is 23.2 Å². The van der Waals surface area contributed by atoms with Crippen molar-refractivity contribution in [3.05, 3.63) is 40.0 Å². The van der Waals surface area contributed by atoms with Crippen LogP contribution in [0.25, 0.3) is 11.4 Å². The quantitative estimate of drug-likeness (QED) is 0.918. The smallest absolute Gasteiger partial charge is 0.176 e. The number of halogens is 2. The Labute approximate surface area is 125 Å². The average Bonchev–Trinajstić information content (AvgIpc) is 2.45. The first-order valence-corrected chi connectivity index (χ1v) is 6.20. The number of nitrogens with two attached hydrogens (primary N) is 1. The second-order valence-electron chi connectivity index (χ2n) is 3.83. The standard InChI is InChI=1S/C13H7Cl2N5/c14-9-3-1-7(2-4-9)13-19-11(8(5-16)6-17)10(15)12(18)20-13/h1-4,8H,(H2,18,19,20). The molecule has 5 nitrogen and oxygen atoms in total. The molecule has 0 bridgehead atoms. The van der Waals surface area contributed by atoms with E-state index in [2.05, 4.69) is 9.97 Å². The van der Waals surface area contributed by atoms with E-state index in [-0.39, 0.29) is 22.4 Å². The second-order valence-corrected chi connectivity index (χ2v) is 4.64. The van der Waals surface area contributed by atoms with Gasteiger partial charge in [0, 0.05) is 10.6 Å². The normalized spacial score (nSPS) is 10.1. The van der Waals surface area contributed by atoms with Gasteiger partial charge >= 0.3 is 0 Å². The summed E-state index contributed by atoms with van der Waals surface area (Å²) >= 11 is 11.8. The van der Waals surface area contributed by atoms with E-state index in [1.807, 2.05) is 12.1 Å². The van der Waals surface area contributed by atoms with E-state index in [4.69, 9.17) is 39.5 Å². The third-order valence-corrected chi connectivity index (χ3v) is 3.18. The Bertz CT molecular complexity index is 714. The number of hydrogen-bond donors (Lipinski definition) is 1. The third kappa shape index (κ3) is 2.65. The van der Waals surface area contributed by atoms with Gasteiger partial charge in [-0.1, -0.05) is 23.2 Å². The Morgan fingerprint density at radius 2 is 1.65 bits per heavy atom. The largest absolute Gasteiger partial charge is 0.382 e. The molecule has 0 amide bonds. The fourth-order valence-electron chi connectivity index (χ4n) is 1.55. The van der Waals surface area contributed by atoms with Crippen molar-refractivity contribution in [2.45, 2.75) is 5.92 Å². The Balaban J connectivity index is 2.60. The molecule has 0 saturated heterocycles. The molecule has 7 heteroatoms. The summed E-state index contributed by atoms with van der Waals surface area (Å²) in [5, 5.41) is 18.5. The zero-order chi connectivity index (χ0) is 14.7. The fraction of sp³-hybridized carbons (Fsp3) is 0.0769. The zero-order valence-corrected chi connectivity index (χ0v) is 11.5. The van der Waals surface area contributed by atoms with E-state index in [1.54, 1.807) is 24.3 Å². The highest BCUT2D eigenvalue weighted by Crippen LogP contribution is 2.29. The Kier molecular flexibility index (Phi) is 4.05. The topological polar surface area (TPSA) is 99.4 Å². The van der Waals surface area contributed by atoms with Crippen LogP contribution in [-0.4, -0.2) is 9.97 Å². The van der Waals surface area contributed by atoms with Crippen LogP contribution in [-0.2, 0) is 0 Å². The average molecular weight is 304 g/mol. The molecule has 1 heterocycles. The highest BCUT2D eigenvalue weighted by atomic mass is 35.5. The summed E-state index contributed by atoms with van der Waals surface area (Å²) in [7, 11) is 0. The van der Waals surface area contributed by atoms with E-state index < -0.39 is 5.92 Å². The number of rotatable bonds is 2. The van der Waals surface area contributed by atoms with E-state index in [9.17, 15) is 0 Å². The molecule has 0 fully saturated rings. The Morgan fingerprint density at radius 3 is 2.20 bits per heavy atom. The summed E-state index contributed by atoms with van der Waals surface area (Å²) in [4.78, 5) is 8.22. The van der Waals surface area contributed by atoms with Crippen LogP contribution in [0, 0.1) is 22.7 Å². The van der Waals surface area contributed by atoms with Crippen molar-refractivity contribution < 1.29 is 0 Å². The van der Waals surface area contributed by atoms with Crippen molar-refractivity contribution in [2.75, 3.05) is 5.73 Å². The summed E-state index contributed by atoms with van der Waals surface area (Å²) in [5.41, 5.74) is 6.47. The number of hydrogen-bond acceptors (Lipinski definition) is 5. The van der Waals surface area contributed by atoms with E-state index in [0.29, 0.717) is 10.6 Å². The number of aromatic nitrogens is 2. The minimum atomic E-state index is -1.10. The maximum Gasteiger partial charge on any atom is 0.176 e. The first kappa shape index (κ1) is 14.1. The first-order chi connectivity index (χ1) is 9.56. The molecule has 0 atom stereocenters. The van der Waals surface area contributed by atoms with Gasteiger partial charge in [0.25, 0.3) is 0 Å². The van der Waals surface area contributed by atoms with E-state index in [1.165, 1.54) is 0 Å². The van der Waals surface area contributed by atoms with Gasteiger partial charge in [-0.2, -0.15) is 10.5 Å². The van der Waals surface area contributed by atoms with Crippen LogP contribution in [0.3, 0.4) is 0 Å². The predicted octanol–water partition coefficient (Wildman–Crippen LogP) is 3.16. The van der Waals surface area contributed by atoms with Crippen molar-refractivity contribution in [3.63, 3.8) is 0 Å². The summed E-state index contributed by atoms with van der Waals surface area (Å²) in [6, 6.07) is 10.4. The number of nitriles is 2. The summed E-state index contributed by atoms with van der Waals surface area (Å²) in [5.74, 6) is -0.787. The third-order valence-electron chi connectivity index (χ3n) is 2.54. The lowest BCUT2D eigenvalue weighted by Gasteiger charge is -2.09. The number of anilines is 1. The molecule has 98 valence electrons. The molecule has 2 rings (SSSR count). The number of benzene rings is 1. The van der Waals surface area contributed by atoms with Gasteiger partial charge in [-0.25, -0.2) is 9.97 Å². The lowest BCUT2D eigenvalue weighted by atomic mass is 10.1. The van der Waals surface area contributed by atoms with Gasteiger partial charge in [-0.05, 0) is 24.3 Å². The summed E-state index contributed by atoms with van der Waals surface area (Å²) < 4.78 is 0. The molecule has 2 aromatic rings. The van der Waals surface area contributed by atoms with Crippen LogP contribution in [0.15, 0.2) is 24.3 Å². The molecule has 0 aliphatic carbocycles. The van der Waals surface area contributed by atoms with Gasteiger partial charge in [0.2, 0.25) is 0 Å². The molecule has 0 aliphatic heterocycles. The maximum atomic E-state index is 8.94. The minimum absolute atomic E-state index is 0.0239. The highest BCUT2D eigenvalue weighted by molar-refractivity contribution is 6.33. The number of nitrogens with zero attached hydrogens (tertiary/aromatic N) is 4.